The van der Waals surface area contributed by atoms with E-state index in [1.54, 1.807) is 58.3 Å². The number of halogens is 6. The zero-order valence-corrected chi connectivity index (χ0v) is 48.0. The number of fused-ring (bicyclic) bond motifs is 2. The van der Waals surface area contributed by atoms with Gasteiger partial charge < -0.3 is 29.5 Å². The second-order valence-electron chi connectivity index (χ2n) is 21.2. The predicted molar refractivity (Wildman–Crippen MR) is 305 cm³/mol. The van der Waals surface area contributed by atoms with Crippen molar-refractivity contribution in [2.45, 2.75) is 90.9 Å². The van der Waals surface area contributed by atoms with Crippen molar-refractivity contribution in [2.24, 2.45) is 0 Å². The number of methoxy groups -OCH3 is 2. The van der Waals surface area contributed by atoms with Crippen LogP contribution in [0.4, 0.5) is 26.3 Å². The fourth-order valence-electron chi connectivity index (χ4n) is 11.5. The Morgan fingerprint density at radius 1 is 0.583 bits per heavy atom. The van der Waals surface area contributed by atoms with Crippen LogP contribution in [0.1, 0.15) is 105 Å². The number of benzene rings is 4. The molecule has 4 atom stereocenters. The van der Waals surface area contributed by atoms with Crippen LogP contribution in [0, 0.1) is 13.8 Å². The van der Waals surface area contributed by atoms with Crippen LogP contribution in [0.15, 0.2) is 109 Å². The summed E-state index contributed by atoms with van der Waals surface area (Å²) in [6.45, 7) is 13.2. The molecule has 0 bridgehead atoms. The number of piperazine rings is 2. The number of rotatable bonds is 14. The molecule has 8 aromatic rings. The molecule has 22 heteroatoms. The van der Waals surface area contributed by atoms with Gasteiger partial charge in [-0.05, 0) is 111 Å². The number of aliphatic hydroxyl groups is 2. The second-order valence-corrected chi connectivity index (χ2v) is 21.2. The van der Waals surface area contributed by atoms with E-state index in [1.807, 2.05) is 50.2 Å². The van der Waals surface area contributed by atoms with Gasteiger partial charge in [-0.25, -0.2) is 19.0 Å². The first kappa shape index (κ1) is 60.7. The molecule has 10 rings (SSSR count). The van der Waals surface area contributed by atoms with Crippen molar-refractivity contribution in [3.05, 3.63) is 165 Å². The highest BCUT2D eigenvalue weighted by atomic mass is 19.4. The number of aryl methyl sites for hydroxylation is 2. The van der Waals surface area contributed by atoms with Gasteiger partial charge in [0, 0.05) is 73.6 Å². The van der Waals surface area contributed by atoms with Gasteiger partial charge in [-0.1, -0.05) is 62.4 Å². The van der Waals surface area contributed by atoms with Crippen molar-refractivity contribution in [2.75, 3.05) is 66.7 Å². The van der Waals surface area contributed by atoms with Crippen LogP contribution >= 0.6 is 0 Å². The minimum absolute atomic E-state index is 0.00455. The molecule has 2 saturated heterocycles. The third kappa shape index (κ3) is 12.2. The zero-order chi connectivity index (χ0) is 60.4. The lowest BCUT2D eigenvalue weighted by atomic mass is 10.00. The number of alkyl halides is 6. The molecule has 16 nitrogen and oxygen atoms in total. The molecule has 2 fully saturated rings. The van der Waals surface area contributed by atoms with E-state index >= 15 is 0 Å². The molecule has 2 aliphatic heterocycles. The van der Waals surface area contributed by atoms with E-state index in [0.29, 0.717) is 61.9 Å². The Kier molecular flexibility index (Phi) is 18.1. The minimum Gasteiger partial charge on any atom is -0.497 e. The number of carbonyl (C=O) groups is 2. The summed E-state index contributed by atoms with van der Waals surface area (Å²) < 4.78 is 97.8. The lowest BCUT2D eigenvalue weighted by Gasteiger charge is -2.43. The van der Waals surface area contributed by atoms with Crippen molar-refractivity contribution >= 4 is 23.1 Å². The van der Waals surface area contributed by atoms with Crippen LogP contribution < -0.4 is 9.47 Å². The van der Waals surface area contributed by atoms with E-state index < -0.39 is 35.6 Å². The van der Waals surface area contributed by atoms with E-state index in [-0.39, 0.29) is 82.3 Å². The van der Waals surface area contributed by atoms with Gasteiger partial charge in [0.1, 0.15) is 22.6 Å². The van der Waals surface area contributed by atoms with Gasteiger partial charge in [0.2, 0.25) is 0 Å². The molecular weight excluding hydrogens is 1090 g/mol. The molecule has 2 aliphatic rings. The quantitative estimate of drug-likeness (QED) is 0.0991. The lowest BCUT2D eigenvalue weighted by Crippen LogP contribution is -2.55. The normalized spacial score (nSPS) is 17.0. The van der Waals surface area contributed by atoms with Gasteiger partial charge in [0.15, 0.2) is 22.7 Å². The first-order valence-electron chi connectivity index (χ1n) is 27.8. The molecule has 4 aromatic heterocycles. The van der Waals surface area contributed by atoms with Crippen LogP contribution in [-0.2, 0) is 25.2 Å². The number of aliphatic hydroxyl groups excluding tert-OH is 2. The molecule has 444 valence electrons. The van der Waals surface area contributed by atoms with Crippen molar-refractivity contribution in [1.29, 1.82) is 0 Å². The Balaban J connectivity index is 0.000000202. The third-order valence-corrected chi connectivity index (χ3v) is 16.0. The highest BCUT2D eigenvalue weighted by Gasteiger charge is 2.42. The molecule has 84 heavy (non-hydrogen) atoms. The maximum Gasteiger partial charge on any atom is 0.433 e. The largest absolute Gasteiger partial charge is 0.497 e. The van der Waals surface area contributed by atoms with Crippen LogP contribution in [0.3, 0.4) is 0 Å². The van der Waals surface area contributed by atoms with Gasteiger partial charge in [-0.3, -0.25) is 19.4 Å². The standard InChI is InChI=1S/2C31H34F3N5O3/c2*1-5-21-7-6-8-23(15-21)26(18-40)37-13-14-38(19(2)17-37)30(41)25-16-35-39-28(31(32,33)34)20(3)27(36-29(25)39)22-9-11-24(42-4)12-10-22/h2*6-12,15-16,19,26,40H,5,13-14,17-18H2,1-4H3/t19-,26+;19-,26-/m11/s1. The highest BCUT2D eigenvalue weighted by Crippen LogP contribution is 2.40. The minimum atomic E-state index is -4.73. The number of aromatic nitrogens is 6. The van der Waals surface area contributed by atoms with Gasteiger partial charge in [0.25, 0.3) is 11.8 Å². The molecular formula is C62H68F6N10O6. The molecule has 2 amide bonds. The first-order valence-corrected chi connectivity index (χ1v) is 27.8. The predicted octanol–water partition coefficient (Wildman–Crippen LogP) is 10.3. The molecule has 0 aliphatic carbocycles. The number of ether oxygens (including phenoxy) is 2. The Bertz CT molecular complexity index is 3410. The summed E-state index contributed by atoms with van der Waals surface area (Å²) in [7, 11) is 3.01. The van der Waals surface area contributed by atoms with E-state index in [0.717, 1.165) is 33.0 Å². The number of amides is 2. The van der Waals surface area contributed by atoms with E-state index in [1.165, 1.54) is 51.6 Å². The number of hydrogen-bond donors (Lipinski definition) is 2. The monoisotopic (exact) mass is 1160 g/mol. The molecule has 0 saturated carbocycles. The molecule has 0 unspecified atom stereocenters. The summed E-state index contributed by atoms with van der Waals surface area (Å²) in [6, 6.07) is 28.4. The number of carbonyl (C=O) groups excluding carboxylic acids is 2. The average molecular weight is 1160 g/mol. The fraction of sp³-hybridized carbons (Fsp3) is 0.387. The smallest absolute Gasteiger partial charge is 0.433 e. The van der Waals surface area contributed by atoms with Gasteiger partial charge in [-0.15, -0.1) is 0 Å². The second kappa shape index (κ2) is 25.1. The van der Waals surface area contributed by atoms with Crippen LogP contribution in [-0.4, -0.2) is 150 Å². The maximum absolute atomic E-state index is 14.3. The summed E-state index contributed by atoms with van der Waals surface area (Å²) in [5, 5.41) is 28.5. The Labute approximate surface area is 482 Å². The Morgan fingerprint density at radius 3 is 1.26 bits per heavy atom. The summed E-state index contributed by atoms with van der Waals surface area (Å²) in [6.07, 6.45) is -5.35. The lowest BCUT2D eigenvalue weighted by molar-refractivity contribution is -0.144. The van der Waals surface area contributed by atoms with Crippen LogP contribution in [0.2, 0.25) is 0 Å². The highest BCUT2D eigenvalue weighted by molar-refractivity contribution is 6.01. The van der Waals surface area contributed by atoms with Crippen molar-refractivity contribution in [3.63, 3.8) is 0 Å². The Morgan fingerprint density at radius 2 is 0.952 bits per heavy atom. The zero-order valence-electron chi connectivity index (χ0n) is 48.0. The fourth-order valence-corrected chi connectivity index (χ4v) is 11.5. The van der Waals surface area contributed by atoms with Crippen LogP contribution in [0.5, 0.6) is 11.5 Å². The third-order valence-electron chi connectivity index (χ3n) is 16.0. The number of hydrogen-bond acceptors (Lipinski definition) is 12. The molecule has 2 N–H and O–H groups in total. The SMILES string of the molecule is CCc1cccc([C@@H](CO)N2CCN(C(=O)c3cnn4c(C(F)(F)F)c(C)c(-c5ccc(OC)cc5)nc34)[C@H](C)C2)c1.CCc1cccc([C@H](CO)N2CCN(C(=O)c3cnn4c(C(F)(F)F)c(C)c(-c5ccc(OC)cc5)nc34)[C@H](C)C2)c1. The Hall–Kier alpha value is -7.92. The van der Waals surface area contributed by atoms with E-state index in [9.17, 15) is 46.1 Å². The molecule has 0 radical (unpaired) electrons. The summed E-state index contributed by atoms with van der Waals surface area (Å²) in [5.74, 6) is 0.249. The van der Waals surface area contributed by atoms with Gasteiger partial charge in [-0.2, -0.15) is 36.5 Å². The van der Waals surface area contributed by atoms with Gasteiger partial charge >= 0.3 is 12.4 Å². The van der Waals surface area contributed by atoms with Crippen molar-refractivity contribution < 1.29 is 55.6 Å². The van der Waals surface area contributed by atoms with Crippen LogP contribution in [0.25, 0.3) is 33.8 Å². The number of nitrogens with zero attached hydrogens (tertiary/aromatic N) is 10. The topological polar surface area (TPSA) is 166 Å². The van der Waals surface area contributed by atoms with E-state index in [4.69, 9.17) is 9.47 Å². The van der Waals surface area contributed by atoms with Crippen molar-refractivity contribution in [1.82, 2.24) is 48.8 Å². The van der Waals surface area contributed by atoms with Crippen molar-refractivity contribution in [3.8, 4) is 34.0 Å². The van der Waals surface area contributed by atoms with Gasteiger partial charge in [0.05, 0.1) is 63.3 Å². The summed E-state index contributed by atoms with van der Waals surface area (Å²) >= 11 is 0. The molecule has 6 heterocycles. The summed E-state index contributed by atoms with van der Waals surface area (Å²) in [4.78, 5) is 44.3. The molecule has 0 spiro atoms. The maximum atomic E-state index is 14.3. The summed E-state index contributed by atoms with van der Waals surface area (Å²) in [5.41, 5.74) is 3.11. The molecule has 4 aromatic carbocycles. The average Bonchev–Trinajstić information content (AvgIpc) is 2.99. The van der Waals surface area contributed by atoms with E-state index in [2.05, 4.69) is 55.9 Å². The first-order chi connectivity index (χ1) is 40.1.